The highest BCUT2D eigenvalue weighted by atomic mass is 32.2. The van der Waals surface area contributed by atoms with Crippen LogP contribution in [-0.2, 0) is 9.84 Å². The molecule has 25 heavy (non-hydrogen) atoms. The van der Waals surface area contributed by atoms with Crippen molar-refractivity contribution in [1.29, 1.82) is 0 Å². The van der Waals surface area contributed by atoms with Crippen molar-refractivity contribution < 1.29 is 8.42 Å². The number of hydrogen-bond donors (Lipinski definition) is 0. The van der Waals surface area contributed by atoms with E-state index in [9.17, 15) is 8.42 Å². The molecule has 0 aliphatic rings. The minimum Gasteiger partial charge on any atom is -0.218 e. The molecule has 0 spiro atoms. The number of unbranched alkanes of at least 4 members (excludes halogenated alkanes) is 2. The van der Waals surface area contributed by atoms with E-state index in [0.717, 1.165) is 17.7 Å². The fourth-order valence-electron chi connectivity index (χ4n) is 2.28. The van der Waals surface area contributed by atoms with Gasteiger partial charge in [0.25, 0.3) is 0 Å². The first-order valence-electron chi connectivity index (χ1n) is 8.09. The van der Waals surface area contributed by atoms with Crippen molar-refractivity contribution in [3.8, 4) is 0 Å². The van der Waals surface area contributed by atoms with Gasteiger partial charge in [0.1, 0.15) is 0 Å². The molecule has 2 aromatic carbocycles. The summed E-state index contributed by atoms with van der Waals surface area (Å²) in [6.07, 6.45) is 6.01. The molecule has 0 unspecified atom stereocenters. The zero-order valence-corrected chi connectivity index (χ0v) is 15.7. The standard InChI is InChI=1S/C21H22O2S2/c1-3-4-5-12-17-21(18(2)24-19-13-8-6-9-14-19)25(22,23)20-15-10-7-11-16-20/h3,6-11,13-17H,1-2,4-5,12H2/b21-17+. The summed E-state index contributed by atoms with van der Waals surface area (Å²) in [4.78, 5) is 2.08. The van der Waals surface area contributed by atoms with Crippen LogP contribution in [0.5, 0.6) is 0 Å². The maximum Gasteiger partial charge on any atom is 0.207 e. The molecule has 0 aromatic heterocycles. The van der Waals surface area contributed by atoms with Crippen LogP contribution in [0.15, 0.2) is 106 Å². The Bertz CT molecular complexity index is 836. The van der Waals surface area contributed by atoms with Gasteiger partial charge in [0, 0.05) is 9.80 Å². The maximum atomic E-state index is 13.1. The molecule has 2 aromatic rings. The van der Waals surface area contributed by atoms with Gasteiger partial charge in [-0.1, -0.05) is 66.9 Å². The van der Waals surface area contributed by atoms with Crippen LogP contribution < -0.4 is 0 Å². The molecule has 0 atom stereocenters. The molecule has 4 heteroatoms. The van der Waals surface area contributed by atoms with Gasteiger partial charge in [-0.2, -0.15) is 0 Å². The SMILES string of the molecule is C=CCCC/C=C(\C(=C)Sc1ccccc1)S(=O)(=O)c1ccccc1. The summed E-state index contributed by atoms with van der Waals surface area (Å²) in [5.41, 5.74) is 0. The van der Waals surface area contributed by atoms with Gasteiger partial charge < -0.3 is 0 Å². The van der Waals surface area contributed by atoms with E-state index >= 15 is 0 Å². The second kappa shape index (κ2) is 9.44. The number of benzene rings is 2. The second-order valence-corrected chi connectivity index (χ2v) is 8.53. The van der Waals surface area contributed by atoms with Crippen molar-refractivity contribution in [2.45, 2.75) is 29.1 Å². The van der Waals surface area contributed by atoms with Crippen molar-refractivity contribution in [3.63, 3.8) is 0 Å². The molecule has 130 valence electrons. The van der Waals surface area contributed by atoms with Gasteiger partial charge in [-0.25, -0.2) is 8.42 Å². The predicted molar refractivity (Wildman–Crippen MR) is 107 cm³/mol. The molecular formula is C21H22O2S2. The summed E-state index contributed by atoms with van der Waals surface area (Å²) in [5, 5.41) is 0. The Morgan fingerprint density at radius 2 is 1.56 bits per heavy atom. The summed E-state index contributed by atoms with van der Waals surface area (Å²) in [6.45, 7) is 7.74. The quantitative estimate of drug-likeness (QED) is 0.235. The smallest absolute Gasteiger partial charge is 0.207 e. The van der Waals surface area contributed by atoms with Crippen LogP contribution >= 0.6 is 11.8 Å². The van der Waals surface area contributed by atoms with Crippen LogP contribution in [0.2, 0.25) is 0 Å². The van der Waals surface area contributed by atoms with Crippen LogP contribution in [0.3, 0.4) is 0 Å². The molecule has 0 saturated carbocycles. The van der Waals surface area contributed by atoms with Crippen molar-refractivity contribution >= 4 is 21.6 Å². The minimum atomic E-state index is -3.59. The first kappa shape index (κ1) is 19.3. The van der Waals surface area contributed by atoms with Crippen molar-refractivity contribution in [2.24, 2.45) is 0 Å². The van der Waals surface area contributed by atoms with Crippen LogP contribution in [0, 0.1) is 0 Å². The van der Waals surface area contributed by atoms with E-state index in [-0.39, 0.29) is 4.91 Å². The molecule has 0 bridgehead atoms. The Morgan fingerprint density at radius 3 is 2.16 bits per heavy atom. The zero-order valence-electron chi connectivity index (χ0n) is 14.1. The number of hydrogen-bond acceptors (Lipinski definition) is 3. The average Bonchev–Trinajstić information content (AvgIpc) is 2.63. The Kier molecular flexibility index (Phi) is 7.29. The summed E-state index contributed by atoms with van der Waals surface area (Å²) < 4.78 is 26.1. The van der Waals surface area contributed by atoms with E-state index in [2.05, 4.69) is 13.2 Å². The van der Waals surface area contributed by atoms with Gasteiger partial charge >= 0.3 is 0 Å². The normalized spacial score (nSPS) is 11.9. The molecule has 0 fully saturated rings. The lowest BCUT2D eigenvalue weighted by Crippen LogP contribution is -2.06. The fourth-order valence-corrected chi connectivity index (χ4v) is 4.90. The van der Waals surface area contributed by atoms with Gasteiger partial charge in [-0.15, -0.1) is 6.58 Å². The number of allylic oxidation sites excluding steroid dienone is 2. The molecule has 0 heterocycles. The van der Waals surface area contributed by atoms with Crippen LogP contribution in [-0.4, -0.2) is 8.42 Å². The van der Waals surface area contributed by atoms with Gasteiger partial charge in [0.15, 0.2) is 0 Å². The molecule has 0 aliphatic heterocycles. The third-order valence-electron chi connectivity index (χ3n) is 3.54. The number of sulfone groups is 1. The highest BCUT2D eigenvalue weighted by molar-refractivity contribution is 8.05. The topological polar surface area (TPSA) is 34.1 Å². The molecule has 2 rings (SSSR count). The molecule has 0 amide bonds. The summed E-state index contributed by atoms with van der Waals surface area (Å²) >= 11 is 1.37. The van der Waals surface area contributed by atoms with Crippen LogP contribution in [0.1, 0.15) is 19.3 Å². The molecule has 0 radical (unpaired) electrons. The largest absolute Gasteiger partial charge is 0.218 e. The maximum absolute atomic E-state index is 13.1. The summed E-state index contributed by atoms with van der Waals surface area (Å²) in [7, 11) is -3.59. The first-order chi connectivity index (χ1) is 12.1. The second-order valence-electron chi connectivity index (χ2n) is 5.44. The summed E-state index contributed by atoms with van der Waals surface area (Å²) in [6, 6.07) is 18.2. The van der Waals surface area contributed by atoms with Crippen molar-refractivity contribution in [2.75, 3.05) is 0 Å². The van der Waals surface area contributed by atoms with Gasteiger partial charge in [0.2, 0.25) is 9.84 Å². The van der Waals surface area contributed by atoms with Gasteiger partial charge in [-0.05, 0) is 43.5 Å². The Balaban J connectivity index is 2.32. The summed E-state index contributed by atoms with van der Waals surface area (Å²) in [5.74, 6) is 0. The highest BCUT2D eigenvalue weighted by Gasteiger charge is 2.23. The predicted octanol–water partition coefficient (Wildman–Crippen LogP) is 6.01. The van der Waals surface area contributed by atoms with Crippen LogP contribution in [0.25, 0.3) is 0 Å². The Morgan fingerprint density at radius 1 is 0.960 bits per heavy atom. The number of thioether (sulfide) groups is 1. The molecule has 2 nitrogen and oxygen atoms in total. The van der Waals surface area contributed by atoms with Crippen molar-refractivity contribution in [1.82, 2.24) is 0 Å². The van der Waals surface area contributed by atoms with E-state index in [0.29, 0.717) is 16.2 Å². The number of rotatable bonds is 9. The van der Waals surface area contributed by atoms with E-state index in [1.165, 1.54) is 11.8 Å². The van der Waals surface area contributed by atoms with E-state index in [1.54, 1.807) is 36.4 Å². The van der Waals surface area contributed by atoms with E-state index in [1.807, 2.05) is 36.4 Å². The monoisotopic (exact) mass is 370 g/mol. The molecule has 0 saturated heterocycles. The first-order valence-corrected chi connectivity index (χ1v) is 10.4. The highest BCUT2D eigenvalue weighted by Crippen LogP contribution is 2.35. The molecule has 0 N–H and O–H groups in total. The lowest BCUT2D eigenvalue weighted by Gasteiger charge is -2.12. The molecule has 0 aliphatic carbocycles. The zero-order chi connectivity index (χ0) is 18.1. The third-order valence-corrected chi connectivity index (χ3v) is 6.53. The van der Waals surface area contributed by atoms with E-state index in [4.69, 9.17) is 0 Å². The lowest BCUT2D eigenvalue weighted by atomic mass is 10.2. The van der Waals surface area contributed by atoms with Gasteiger partial charge in [0.05, 0.1) is 9.80 Å². The third kappa shape index (κ3) is 5.48. The van der Waals surface area contributed by atoms with Crippen molar-refractivity contribution in [3.05, 3.63) is 95.8 Å². The average molecular weight is 371 g/mol. The minimum absolute atomic E-state index is 0.289. The Labute approximate surface area is 154 Å². The molecular weight excluding hydrogens is 348 g/mol. The fraction of sp³-hybridized carbons (Fsp3) is 0.143. The Hall–Kier alpha value is -2.04. The lowest BCUT2D eigenvalue weighted by molar-refractivity contribution is 0.602. The van der Waals surface area contributed by atoms with Crippen LogP contribution in [0.4, 0.5) is 0 Å². The van der Waals surface area contributed by atoms with E-state index < -0.39 is 9.84 Å². The van der Waals surface area contributed by atoms with Gasteiger partial charge in [-0.3, -0.25) is 0 Å².